The van der Waals surface area contributed by atoms with Crippen molar-refractivity contribution in [3.63, 3.8) is 0 Å². The van der Waals surface area contributed by atoms with Crippen LogP contribution in [0.15, 0.2) is 73.8 Å². The Morgan fingerprint density at radius 2 is 0.684 bits per heavy atom. The number of aliphatic hydroxyl groups is 4. The van der Waals surface area contributed by atoms with E-state index in [9.17, 15) is 20.4 Å². The first-order valence-corrected chi connectivity index (χ1v) is 16.8. The van der Waals surface area contributed by atoms with Gasteiger partial charge in [0, 0.05) is 68.8 Å². The zero-order chi connectivity index (χ0) is 35.3. The topological polar surface area (TPSA) is 202 Å². The number of halogens is 4. The summed E-state index contributed by atoms with van der Waals surface area (Å²) >= 11 is 0. The number of nitrogens with zero attached hydrogens (tertiary/aromatic N) is 12. The summed E-state index contributed by atoms with van der Waals surface area (Å²) in [6.45, 7) is 1.35. The van der Waals surface area contributed by atoms with Crippen LogP contribution in [0.2, 0.25) is 0 Å². The van der Waals surface area contributed by atoms with Crippen molar-refractivity contribution < 1.29 is 152 Å². The van der Waals surface area contributed by atoms with E-state index >= 15 is 0 Å². The molecule has 0 saturated heterocycles. The van der Waals surface area contributed by atoms with Crippen LogP contribution in [-0.2, 0) is 43.2 Å². The first-order chi connectivity index (χ1) is 25.5. The quantitative estimate of drug-likeness (QED) is 0.0638. The molecule has 7 aromatic heterocycles. The van der Waals surface area contributed by atoms with E-state index < -0.39 is 0 Å². The molecule has 8 bridgehead atoms. The summed E-state index contributed by atoms with van der Waals surface area (Å²) in [5, 5.41) is 41.6. The molecule has 57 heavy (non-hydrogen) atoms. The van der Waals surface area contributed by atoms with E-state index in [4.69, 9.17) is 39.9 Å². The Morgan fingerprint density at radius 3 is 1.04 bits per heavy atom. The predicted molar refractivity (Wildman–Crippen MR) is 183 cm³/mol. The van der Waals surface area contributed by atoms with E-state index in [2.05, 4.69) is 0 Å². The molecule has 0 atom stereocenters. The Bertz CT molecular complexity index is 2570. The van der Waals surface area contributed by atoms with Gasteiger partial charge in [-0.25, -0.2) is 28.2 Å². The Morgan fingerprint density at radius 1 is 0.386 bits per heavy atom. The van der Waals surface area contributed by atoms with Crippen LogP contribution in [0, 0.1) is 0 Å². The Labute approximate surface area is 403 Å². The van der Waals surface area contributed by atoms with Gasteiger partial charge in [-0.05, 0) is 0 Å². The van der Waals surface area contributed by atoms with Crippen LogP contribution in [0.4, 0.5) is 0 Å². The monoisotopic (exact) mass is 1260 g/mol. The molecule has 2 aliphatic heterocycles. The summed E-state index contributed by atoms with van der Waals surface area (Å²) in [5.74, 6) is 1.56. The normalized spacial score (nSPS) is 11.0. The number of hydrogen-bond donors (Lipinski definition) is 4. The first-order valence-electron chi connectivity index (χ1n) is 16.8. The van der Waals surface area contributed by atoms with E-state index in [-0.39, 0.29) is 139 Å². The second kappa shape index (κ2) is 20.0. The maximum atomic E-state index is 9.69. The third kappa shape index (κ3) is 8.91. The molecule has 0 aromatic carbocycles. The fraction of sp³-hybridized carbons (Fsp3) is 0.222. The average Bonchev–Trinajstić information content (AvgIpc) is 3.87. The molecule has 21 heteroatoms. The van der Waals surface area contributed by atoms with Crippen molar-refractivity contribution in [1.82, 2.24) is 39.9 Å². The fourth-order valence-electron chi connectivity index (χ4n) is 6.63. The zero-order valence-corrected chi connectivity index (χ0v) is 39.4. The van der Waals surface area contributed by atoms with Gasteiger partial charge >= 0.3 is 17.1 Å². The van der Waals surface area contributed by atoms with Crippen molar-refractivity contribution in [1.29, 1.82) is 0 Å². The van der Waals surface area contributed by atoms with Crippen molar-refractivity contribution in [2.75, 3.05) is 26.4 Å². The van der Waals surface area contributed by atoms with Crippen molar-refractivity contribution in [2.24, 2.45) is 0 Å². The Hall–Kier alpha value is -2.76. The minimum absolute atomic E-state index is 0. The van der Waals surface area contributed by atoms with Crippen LogP contribution >= 0.6 is 0 Å². The van der Waals surface area contributed by atoms with Gasteiger partial charge in [-0.1, -0.05) is 0 Å². The van der Waals surface area contributed by atoms with E-state index in [0.29, 0.717) is 94.0 Å². The van der Waals surface area contributed by atoms with Crippen molar-refractivity contribution >= 4 is 44.1 Å². The Balaban J connectivity index is 0.00000144. The number of hydrogen-bond acceptors (Lipinski definition) is 10. The van der Waals surface area contributed by atoms with Gasteiger partial charge in [0.1, 0.15) is 26.4 Å². The van der Waals surface area contributed by atoms with E-state index in [0.717, 1.165) is 21.9 Å². The maximum absolute atomic E-state index is 9.69. The van der Waals surface area contributed by atoms with Crippen LogP contribution in [0.3, 0.4) is 0 Å². The molecular formula is C36H32I4MnN12O4. The van der Waals surface area contributed by atoms with Crippen LogP contribution in [0.5, 0.6) is 0 Å². The SMILES string of the molecule is OCC[n+]1ccc2c(c1)-c1nc-2nc2[n-]c(nc3nc(nc4[n-]c(n1)c1cc[n+](CCO)cc41)-c1cc[n+](CCO)cc1-3)c1cc[n+](CCO)cc21.[I-].[I-].[I-].[I-].[Mn+2]. The minimum Gasteiger partial charge on any atom is -1.00 e. The molecule has 0 spiro atoms. The summed E-state index contributed by atoms with van der Waals surface area (Å²) in [4.78, 5) is 39.7. The predicted octanol–water partition coefficient (Wildman–Crippen LogP) is -12.7. The molecule has 9 rings (SSSR count). The molecule has 2 aliphatic rings. The number of fused-ring (bicyclic) bond motifs is 20. The second-order valence-corrected chi connectivity index (χ2v) is 12.4. The van der Waals surface area contributed by atoms with E-state index in [1.807, 2.05) is 92.1 Å². The van der Waals surface area contributed by atoms with Crippen molar-refractivity contribution in [2.45, 2.75) is 26.2 Å². The summed E-state index contributed by atoms with van der Waals surface area (Å²) in [6, 6.07) is 7.57. The van der Waals surface area contributed by atoms with Gasteiger partial charge in [-0.3, -0.25) is 0 Å². The summed E-state index contributed by atoms with van der Waals surface area (Å²) in [5.41, 5.74) is 4.44. The summed E-state index contributed by atoms with van der Waals surface area (Å²) in [7, 11) is 0. The largest absolute Gasteiger partial charge is 2.00 e. The standard InChI is InChI=1S/C36H32N12O4.4HI.Mn/c49-13-9-45-5-1-21-25(17-45)33-37-29(21)41-34-26-18-46(10-14-50)6-2-22(26)31(38-34)43-36-28-20-48(12-16-52)8-4-24(28)32(40-36)44-35-27-19-47(11-15-51)7-3-23(27)30(39-35)42-33;;;;;/h1-8,17-20,49-52H,9-16H2;4*1H;/q+2;;;;;+2/p-4. The summed E-state index contributed by atoms with van der Waals surface area (Å²) in [6.07, 6.45) is 15.0. The van der Waals surface area contributed by atoms with Gasteiger partial charge < -0.3 is 146 Å². The molecule has 4 N–H and O–H groups in total. The van der Waals surface area contributed by atoms with E-state index in [1.165, 1.54) is 0 Å². The molecule has 7 aromatic rings. The van der Waals surface area contributed by atoms with E-state index in [1.54, 1.807) is 0 Å². The van der Waals surface area contributed by atoms with Gasteiger partial charge in [-0.15, -0.1) is 0 Å². The zero-order valence-electron chi connectivity index (χ0n) is 29.6. The molecule has 16 nitrogen and oxygen atoms in total. The molecular weight excluding hydrogens is 1230 g/mol. The van der Waals surface area contributed by atoms with Gasteiger partial charge in [-0.2, -0.15) is 0 Å². The number of pyridine rings is 4. The van der Waals surface area contributed by atoms with Gasteiger partial charge in [0.05, 0.1) is 45.2 Å². The molecule has 1 radical (unpaired) electrons. The average molecular weight is 1260 g/mol. The van der Waals surface area contributed by atoms with Crippen molar-refractivity contribution in [3.8, 4) is 45.6 Å². The van der Waals surface area contributed by atoms with Crippen LogP contribution in [0.1, 0.15) is 0 Å². The molecule has 0 aliphatic carbocycles. The van der Waals surface area contributed by atoms with Crippen LogP contribution < -0.4 is 124 Å². The molecule has 0 fully saturated rings. The molecule has 9 heterocycles. The number of aliphatic hydroxyl groups excluding tert-OH is 4. The van der Waals surface area contributed by atoms with Gasteiger partial charge in [0.25, 0.3) is 0 Å². The first kappa shape index (κ1) is 46.9. The third-order valence-corrected chi connectivity index (χ3v) is 9.13. The van der Waals surface area contributed by atoms with Gasteiger partial charge in [0.2, 0.25) is 0 Å². The van der Waals surface area contributed by atoms with Crippen LogP contribution in [-0.4, -0.2) is 76.8 Å². The van der Waals surface area contributed by atoms with Gasteiger partial charge in [0.15, 0.2) is 75.8 Å². The van der Waals surface area contributed by atoms with Crippen LogP contribution in [0.25, 0.3) is 89.7 Å². The number of aromatic nitrogens is 12. The Kier molecular flexibility index (Phi) is 16.5. The molecule has 0 saturated carbocycles. The smallest absolute Gasteiger partial charge is 1.00 e. The molecule has 295 valence electrons. The summed E-state index contributed by atoms with van der Waals surface area (Å²) < 4.78 is 7.46. The second-order valence-electron chi connectivity index (χ2n) is 12.4. The molecule has 0 unspecified atom stereocenters. The molecule has 0 amide bonds. The maximum Gasteiger partial charge on any atom is 2.00 e. The number of rotatable bonds is 8. The minimum atomic E-state index is -0.0429. The van der Waals surface area contributed by atoms with Crippen molar-refractivity contribution in [3.05, 3.63) is 73.8 Å². The fourth-order valence-corrected chi connectivity index (χ4v) is 6.63. The third-order valence-electron chi connectivity index (χ3n) is 9.13.